The molecule has 84 valence electrons. The molecule has 1 rings (SSSR count). The summed E-state index contributed by atoms with van der Waals surface area (Å²) >= 11 is 0. The lowest BCUT2D eigenvalue weighted by molar-refractivity contribution is 0.180. The molecule has 0 aliphatic rings. The van der Waals surface area contributed by atoms with E-state index in [9.17, 15) is 0 Å². The van der Waals surface area contributed by atoms with E-state index in [4.69, 9.17) is 4.84 Å². The second-order valence-corrected chi connectivity index (χ2v) is 2.94. The third-order valence-electron chi connectivity index (χ3n) is 2.15. The maximum absolute atomic E-state index is 5.00. The third kappa shape index (κ3) is 2.76. The third-order valence-corrected chi connectivity index (χ3v) is 2.15. The quantitative estimate of drug-likeness (QED) is 0.669. The molecule has 0 aromatic carbocycles. The summed E-state index contributed by atoms with van der Waals surface area (Å²) < 4.78 is 0. The van der Waals surface area contributed by atoms with Crippen molar-refractivity contribution in [1.29, 1.82) is 0 Å². The molecule has 0 amide bonds. The minimum absolute atomic E-state index is 0.509. The van der Waals surface area contributed by atoms with Crippen LogP contribution in [0, 0.1) is 0 Å². The summed E-state index contributed by atoms with van der Waals surface area (Å²) in [4.78, 5) is 19.5. The van der Waals surface area contributed by atoms with Gasteiger partial charge in [0.05, 0.1) is 7.11 Å². The molecule has 0 aliphatic heterocycles. The van der Waals surface area contributed by atoms with Crippen LogP contribution in [-0.2, 0) is 4.84 Å². The first-order valence-electron chi connectivity index (χ1n) is 4.94. The lowest BCUT2D eigenvalue weighted by atomic mass is 10.5. The van der Waals surface area contributed by atoms with E-state index in [1.54, 1.807) is 14.2 Å². The molecule has 0 aliphatic carbocycles. The van der Waals surface area contributed by atoms with Crippen LogP contribution in [0.25, 0.3) is 0 Å². The summed E-state index contributed by atoms with van der Waals surface area (Å²) in [5.41, 5.74) is 0. The van der Waals surface area contributed by atoms with Gasteiger partial charge < -0.3 is 4.90 Å². The number of hydrogen-bond acceptors (Lipinski definition) is 6. The Morgan fingerprint density at radius 3 is 2.33 bits per heavy atom. The van der Waals surface area contributed by atoms with Crippen molar-refractivity contribution in [1.82, 2.24) is 15.0 Å². The number of anilines is 2. The van der Waals surface area contributed by atoms with E-state index >= 15 is 0 Å². The van der Waals surface area contributed by atoms with Crippen LogP contribution in [0.5, 0.6) is 0 Å². The number of rotatable bonds is 5. The zero-order valence-electron chi connectivity index (χ0n) is 9.64. The maximum Gasteiger partial charge on any atom is 0.254 e. The summed E-state index contributed by atoms with van der Waals surface area (Å²) in [5.74, 6) is 1.18. The second kappa shape index (κ2) is 5.45. The van der Waals surface area contributed by atoms with Crippen LogP contribution in [0.4, 0.5) is 11.9 Å². The molecule has 0 saturated carbocycles. The second-order valence-electron chi connectivity index (χ2n) is 2.94. The fourth-order valence-corrected chi connectivity index (χ4v) is 1.17. The predicted molar refractivity (Wildman–Crippen MR) is 58.8 cm³/mol. The number of aromatic nitrogens is 3. The Balaban J connectivity index is 2.91. The number of nitrogens with zero attached hydrogens (tertiary/aromatic N) is 5. The first-order valence-corrected chi connectivity index (χ1v) is 4.94. The zero-order valence-corrected chi connectivity index (χ0v) is 9.64. The molecule has 1 aromatic heterocycles. The molecule has 6 nitrogen and oxygen atoms in total. The molecule has 0 bridgehead atoms. The molecule has 0 unspecified atom stereocenters. The average Bonchev–Trinajstić information content (AvgIpc) is 2.30. The summed E-state index contributed by atoms with van der Waals surface area (Å²) in [7, 11) is 3.32. The Morgan fingerprint density at radius 1 is 1.20 bits per heavy atom. The average molecular weight is 211 g/mol. The molecule has 15 heavy (non-hydrogen) atoms. The normalized spacial score (nSPS) is 10.1. The van der Waals surface area contributed by atoms with Gasteiger partial charge in [0.1, 0.15) is 6.33 Å². The van der Waals surface area contributed by atoms with Gasteiger partial charge in [-0.15, -0.1) is 0 Å². The Hall–Kier alpha value is -1.43. The SMILES string of the molecule is CCN(CC)c1ncnc(N(C)OC)n1. The molecule has 0 radical (unpaired) electrons. The maximum atomic E-state index is 5.00. The summed E-state index contributed by atoms with van der Waals surface area (Å²) in [5, 5.41) is 1.49. The predicted octanol–water partition coefficient (Wildman–Crippen LogP) is 0.715. The van der Waals surface area contributed by atoms with Crippen molar-refractivity contribution < 1.29 is 4.84 Å². The number of hydroxylamine groups is 1. The van der Waals surface area contributed by atoms with Gasteiger partial charge in [-0.05, 0) is 13.8 Å². The minimum Gasteiger partial charge on any atom is -0.341 e. The monoisotopic (exact) mass is 211 g/mol. The van der Waals surface area contributed by atoms with Gasteiger partial charge in [0.25, 0.3) is 5.95 Å². The van der Waals surface area contributed by atoms with Gasteiger partial charge in [0.2, 0.25) is 5.95 Å². The standard InChI is InChI=1S/C9H17N5O/c1-5-14(6-2)9-11-7-10-8(12-9)13(3)15-4/h7H,5-6H2,1-4H3. The van der Waals surface area contributed by atoms with Crippen LogP contribution in [0.15, 0.2) is 6.33 Å². The van der Waals surface area contributed by atoms with Crippen molar-refractivity contribution >= 4 is 11.9 Å². The van der Waals surface area contributed by atoms with Gasteiger partial charge in [0, 0.05) is 20.1 Å². The van der Waals surface area contributed by atoms with Crippen molar-refractivity contribution in [2.45, 2.75) is 13.8 Å². The van der Waals surface area contributed by atoms with Gasteiger partial charge in [-0.3, -0.25) is 4.84 Å². The van der Waals surface area contributed by atoms with E-state index in [1.165, 1.54) is 11.4 Å². The summed E-state index contributed by atoms with van der Waals surface area (Å²) in [6.45, 7) is 5.87. The molecular weight excluding hydrogens is 194 g/mol. The van der Waals surface area contributed by atoms with Crippen LogP contribution >= 0.6 is 0 Å². The van der Waals surface area contributed by atoms with Crippen molar-refractivity contribution in [2.75, 3.05) is 37.2 Å². The first-order chi connectivity index (χ1) is 7.22. The molecule has 0 N–H and O–H groups in total. The van der Waals surface area contributed by atoms with Crippen molar-refractivity contribution in [3.63, 3.8) is 0 Å². The lowest BCUT2D eigenvalue weighted by Crippen LogP contribution is -2.26. The largest absolute Gasteiger partial charge is 0.341 e. The van der Waals surface area contributed by atoms with Crippen molar-refractivity contribution in [3.8, 4) is 0 Å². The Morgan fingerprint density at radius 2 is 1.80 bits per heavy atom. The van der Waals surface area contributed by atoms with Gasteiger partial charge >= 0.3 is 0 Å². The van der Waals surface area contributed by atoms with E-state index in [0.717, 1.165) is 13.1 Å². The topological polar surface area (TPSA) is 54.4 Å². The van der Waals surface area contributed by atoms with E-state index in [2.05, 4.69) is 33.7 Å². The van der Waals surface area contributed by atoms with Crippen LogP contribution in [0.1, 0.15) is 13.8 Å². The highest BCUT2D eigenvalue weighted by atomic mass is 16.7. The highest BCUT2D eigenvalue weighted by Crippen LogP contribution is 2.10. The number of hydrogen-bond donors (Lipinski definition) is 0. The van der Waals surface area contributed by atoms with Crippen LogP contribution in [0.3, 0.4) is 0 Å². The van der Waals surface area contributed by atoms with Gasteiger partial charge in [-0.25, -0.2) is 10.0 Å². The molecule has 1 aromatic rings. The lowest BCUT2D eigenvalue weighted by Gasteiger charge is -2.20. The van der Waals surface area contributed by atoms with E-state index in [0.29, 0.717) is 11.9 Å². The summed E-state index contributed by atoms with van der Waals surface area (Å²) in [6.07, 6.45) is 1.49. The van der Waals surface area contributed by atoms with Gasteiger partial charge in [0.15, 0.2) is 0 Å². The van der Waals surface area contributed by atoms with Crippen molar-refractivity contribution in [2.24, 2.45) is 0 Å². The molecular formula is C9H17N5O. The zero-order chi connectivity index (χ0) is 11.3. The van der Waals surface area contributed by atoms with Gasteiger partial charge in [-0.2, -0.15) is 9.97 Å². The highest BCUT2D eigenvalue weighted by molar-refractivity contribution is 5.35. The van der Waals surface area contributed by atoms with Crippen LogP contribution in [0.2, 0.25) is 0 Å². The summed E-state index contributed by atoms with van der Waals surface area (Å²) in [6, 6.07) is 0. The molecule has 0 spiro atoms. The minimum atomic E-state index is 0.509. The Bertz CT molecular complexity index is 302. The van der Waals surface area contributed by atoms with Crippen LogP contribution in [-0.4, -0.2) is 42.2 Å². The highest BCUT2D eigenvalue weighted by Gasteiger charge is 2.09. The molecule has 0 saturated heterocycles. The molecule has 0 fully saturated rings. The Kier molecular flexibility index (Phi) is 4.23. The van der Waals surface area contributed by atoms with E-state index in [1.807, 2.05) is 0 Å². The molecule has 6 heteroatoms. The Labute approximate surface area is 89.9 Å². The van der Waals surface area contributed by atoms with Gasteiger partial charge in [-0.1, -0.05) is 0 Å². The van der Waals surface area contributed by atoms with E-state index < -0.39 is 0 Å². The fourth-order valence-electron chi connectivity index (χ4n) is 1.17. The van der Waals surface area contributed by atoms with E-state index in [-0.39, 0.29) is 0 Å². The molecule has 0 atom stereocenters. The smallest absolute Gasteiger partial charge is 0.254 e. The van der Waals surface area contributed by atoms with Crippen LogP contribution < -0.4 is 9.96 Å². The fraction of sp³-hybridized carbons (Fsp3) is 0.667. The van der Waals surface area contributed by atoms with Crippen molar-refractivity contribution in [3.05, 3.63) is 6.33 Å². The first kappa shape index (κ1) is 11.6. The molecule has 1 heterocycles.